The highest BCUT2D eigenvalue weighted by molar-refractivity contribution is 7.91. The molecular weight excluding hydrogens is 470 g/mol. The van der Waals surface area contributed by atoms with Crippen molar-refractivity contribution in [2.45, 2.75) is 16.8 Å². The number of aromatic nitrogens is 1. The van der Waals surface area contributed by atoms with Crippen molar-refractivity contribution in [1.29, 1.82) is 0 Å². The van der Waals surface area contributed by atoms with Crippen molar-refractivity contribution in [2.24, 2.45) is 0 Å². The Kier molecular flexibility index (Phi) is 5.97. The summed E-state index contributed by atoms with van der Waals surface area (Å²) >= 11 is 1.43. The molecule has 174 valence electrons. The van der Waals surface area contributed by atoms with E-state index in [0.29, 0.717) is 31.7 Å². The average molecular weight is 494 g/mol. The highest BCUT2D eigenvalue weighted by Crippen LogP contribution is 2.36. The second kappa shape index (κ2) is 9.08. The van der Waals surface area contributed by atoms with Crippen LogP contribution in [0, 0.1) is 6.92 Å². The second-order valence-electron chi connectivity index (χ2n) is 8.07. The summed E-state index contributed by atoms with van der Waals surface area (Å²) in [6.07, 6.45) is 0. The first-order valence-electron chi connectivity index (χ1n) is 10.9. The number of hydrogen-bond acceptors (Lipinski definition) is 7. The maximum Gasteiger partial charge on any atom is 0.253 e. The van der Waals surface area contributed by atoms with E-state index in [-0.39, 0.29) is 27.6 Å². The van der Waals surface area contributed by atoms with Gasteiger partial charge < -0.3 is 14.2 Å². The number of carbonyl (C=O) groups excluding carboxylic acids is 1. The van der Waals surface area contributed by atoms with Gasteiger partial charge in [0, 0.05) is 31.7 Å². The summed E-state index contributed by atoms with van der Waals surface area (Å²) in [5.41, 5.74) is 1.74. The number of rotatable bonds is 5. The number of piperazine rings is 1. The van der Waals surface area contributed by atoms with Gasteiger partial charge in [0.05, 0.1) is 9.77 Å². The average Bonchev–Trinajstić information content (AvgIpc) is 3.55. The number of anilines is 1. The quantitative estimate of drug-likeness (QED) is 0.407. The molecule has 7 nitrogen and oxygen atoms in total. The Hall–Kier alpha value is -3.43. The smallest absolute Gasteiger partial charge is 0.253 e. The molecule has 0 atom stereocenters. The van der Waals surface area contributed by atoms with E-state index in [1.165, 1.54) is 11.3 Å². The molecule has 9 heteroatoms. The van der Waals surface area contributed by atoms with Gasteiger partial charge in [-0.05, 0) is 42.6 Å². The first-order valence-corrected chi connectivity index (χ1v) is 13.3. The molecule has 1 aliphatic heterocycles. The normalized spacial score (nSPS) is 14.4. The molecule has 1 fully saturated rings. The molecule has 1 saturated heterocycles. The highest BCUT2D eigenvalue weighted by atomic mass is 32.2. The van der Waals surface area contributed by atoms with Crippen LogP contribution in [0.3, 0.4) is 0 Å². The van der Waals surface area contributed by atoms with E-state index in [9.17, 15) is 13.2 Å². The van der Waals surface area contributed by atoms with Crippen molar-refractivity contribution in [1.82, 2.24) is 9.88 Å². The maximum atomic E-state index is 13.5. The molecule has 0 radical (unpaired) electrons. The maximum absolute atomic E-state index is 13.5. The minimum Gasteiger partial charge on any atom is -0.418 e. The number of aryl methyl sites for hydroxylation is 1. The lowest BCUT2D eigenvalue weighted by molar-refractivity contribution is 0.0745. The Balaban J connectivity index is 1.43. The van der Waals surface area contributed by atoms with Gasteiger partial charge in [-0.3, -0.25) is 4.79 Å². The van der Waals surface area contributed by atoms with Gasteiger partial charge in [0.15, 0.2) is 0 Å². The lowest BCUT2D eigenvalue weighted by Crippen LogP contribution is -2.49. The first kappa shape index (κ1) is 22.4. The minimum absolute atomic E-state index is 0.0337. The van der Waals surface area contributed by atoms with E-state index < -0.39 is 9.84 Å². The molecule has 1 amide bonds. The van der Waals surface area contributed by atoms with E-state index in [2.05, 4.69) is 4.98 Å². The zero-order chi connectivity index (χ0) is 23.7. The SMILES string of the molecule is Cc1ccc(C(=O)N2CCN(c3oc(-c4cccs4)nc3S(=O)(=O)c3ccccc3)CC2)cc1. The van der Waals surface area contributed by atoms with Gasteiger partial charge in [-0.15, -0.1) is 11.3 Å². The molecule has 0 bridgehead atoms. The van der Waals surface area contributed by atoms with Crippen LogP contribution in [0.5, 0.6) is 0 Å². The van der Waals surface area contributed by atoms with Crippen molar-refractivity contribution in [3.8, 4) is 10.8 Å². The molecule has 0 unspecified atom stereocenters. The van der Waals surface area contributed by atoms with Gasteiger partial charge >= 0.3 is 0 Å². The van der Waals surface area contributed by atoms with Crippen LogP contribution in [0.1, 0.15) is 15.9 Å². The first-order chi connectivity index (χ1) is 16.4. The lowest BCUT2D eigenvalue weighted by atomic mass is 10.1. The fourth-order valence-electron chi connectivity index (χ4n) is 3.88. The molecule has 34 heavy (non-hydrogen) atoms. The topological polar surface area (TPSA) is 83.7 Å². The zero-order valence-corrected chi connectivity index (χ0v) is 20.2. The number of carbonyl (C=O) groups is 1. The summed E-state index contributed by atoms with van der Waals surface area (Å²) in [6, 6.07) is 19.5. The van der Waals surface area contributed by atoms with E-state index in [4.69, 9.17) is 4.42 Å². The standard InChI is InChI=1S/C25H23N3O4S2/c1-18-9-11-19(12-10-18)24(29)27-13-15-28(16-14-27)25-23(26-22(32-25)21-8-5-17-33-21)34(30,31)20-6-3-2-4-7-20/h2-12,17H,13-16H2,1H3. The Morgan fingerprint density at radius 1 is 0.941 bits per heavy atom. The lowest BCUT2D eigenvalue weighted by Gasteiger charge is -2.34. The molecule has 0 aliphatic carbocycles. The third kappa shape index (κ3) is 4.24. The molecule has 3 heterocycles. The Morgan fingerprint density at radius 2 is 1.65 bits per heavy atom. The fourth-order valence-corrected chi connectivity index (χ4v) is 5.87. The van der Waals surface area contributed by atoms with E-state index in [1.54, 1.807) is 35.2 Å². The summed E-state index contributed by atoms with van der Waals surface area (Å²) in [4.78, 5) is 21.9. The van der Waals surface area contributed by atoms with Gasteiger partial charge in [0.25, 0.3) is 5.91 Å². The monoisotopic (exact) mass is 493 g/mol. The molecule has 2 aromatic carbocycles. The molecule has 0 spiro atoms. The third-order valence-corrected chi connectivity index (χ3v) is 8.30. The summed E-state index contributed by atoms with van der Waals surface area (Å²) < 4.78 is 33.0. The molecule has 0 N–H and O–H groups in total. The number of nitrogens with zero attached hydrogens (tertiary/aromatic N) is 3. The van der Waals surface area contributed by atoms with Crippen LogP contribution in [-0.4, -0.2) is 50.4 Å². The Labute approximate surface area is 202 Å². The van der Waals surface area contributed by atoms with Crippen LogP contribution in [0.25, 0.3) is 10.8 Å². The largest absolute Gasteiger partial charge is 0.418 e. The third-order valence-electron chi connectivity index (χ3n) is 5.77. The fraction of sp³-hybridized carbons (Fsp3) is 0.200. The number of sulfone groups is 1. The van der Waals surface area contributed by atoms with Crippen LogP contribution in [-0.2, 0) is 9.84 Å². The molecule has 2 aromatic heterocycles. The molecule has 5 rings (SSSR count). The molecule has 1 aliphatic rings. The zero-order valence-electron chi connectivity index (χ0n) is 18.5. The molecule has 0 saturated carbocycles. The van der Waals surface area contributed by atoms with Gasteiger partial charge in [0.1, 0.15) is 0 Å². The van der Waals surface area contributed by atoms with Crippen LogP contribution < -0.4 is 4.90 Å². The Morgan fingerprint density at radius 3 is 2.29 bits per heavy atom. The van der Waals surface area contributed by atoms with Crippen molar-refractivity contribution >= 4 is 33.0 Å². The number of oxazole rings is 1. The molecule has 4 aromatic rings. The summed E-state index contributed by atoms with van der Waals surface area (Å²) in [7, 11) is -3.89. The highest BCUT2D eigenvalue weighted by Gasteiger charge is 2.33. The number of amides is 1. The van der Waals surface area contributed by atoms with Gasteiger partial charge in [0.2, 0.25) is 26.6 Å². The second-order valence-corrected chi connectivity index (χ2v) is 10.9. The van der Waals surface area contributed by atoms with Gasteiger partial charge in [-0.25, -0.2) is 8.42 Å². The van der Waals surface area contributed by atoms with Crippen LogP contribution in [0.4, 0.5) is 5.88 Å². The van der Waals surface area contributed by atoms with Crippen LogP contribution >= 0.6 is 11.3 Å². The summed E-state index contributed by atoms with van der Waals surface area (Å²) in [5.74, 6) is 0.459. The van der Waals surface area contributed by atoms with E-state index in [1.807, 2.05) is 53.6 Å². The predicted octanol–water partition coefficient (Wildman–Crippen LogP) is 4.51. The van der Waals surface area contributed by atoms with Crippen LogP contribution in [0.2, 0.25) is 0 Å². The molecular formula is C25H23N3O4S2. The van der Waals surface area contributed by atoms with Gasteiger partial charge in [-0.1, -0.05) is 42.0 Å². The van der Waals surface area contributed by atoms with Crippen LogP contribution in [0.15, 0.2) is 86.4 Å². The number of hydrogen-bond donors (Lipinski definition) is 0. The van der Waals surface area contributed by atoms with E-state index >= 15 is 0 Å². The Bertz CT molecular complexity index is 1390. The van der Waals surface area contributed by atoms with Gasteiger partial charge in [-0.2, -0.15) is 4.98 Å². The number of benzene rings is 2. The number of thiophene rings is 1. The predicted molar refractivity (Wildman–Crippen MR) is 131 cm³/mol. The van der Waals surface area contributed by atoms with Crippen molar-refractivity contribution in [2.75, 3.05) is 31.1 Å². The summed E-state index contributed by atoms with van der Waals surface area (Å²) in [6.45, 7) is 3.76. The van der Waals surface area contributed by atoms with E-state index in [0.717, 1.165) is 10.4 Å². The minimum atomic E-state index is -3.89. The van der Waals surface area contributed by atoms with Crippen molar-refractivity contribution in [3.63, 3.8) is 0 Å². The van der Waals surface area contributed by atoms with Crippen molar-refractivity contribution < 1.29 is 17.6 Å². The summed E-state index contributed by atoms with van der Waals surface area (Å²) in [5, 5.41) is 1.79. The van der Waals surface area contributed by atoms with Crippen molar-refractivity contribution in [3.05, 3.63) is 83.2 Å².